The normalized spacial score (nSPS) is 17.0. The zero-order valence-electron chi connectivity index (χ0n) is 14.7. The van der Waals surface area contributed by atoms with E-state index in [-0.39, 0.29) is 11.9 Å². The van der Waals surface area contributed by atoms with E-state index < -0.39 is 0 Å². The Bertz CT molecular complexity index is 872. The molecule has 3 heterocycles. The molecule has 0 saturated carbocycles. The number of hydrogen-bond donors (Lipinski definition) is 0. The number of hydrogen-bond acceptors (Lipinski definition) is 5. The summed E-state index contributed by atoms with van der Waals surface area (Å²) in [6, 6.07) is 12.3. The number of aromatic nitrogens is 4. The Morgan fingerprint density at radius 1 is 1.27 bits per heavy atom. The molecule has 1 fully saturated rings. The number of likely N-dealkylation sites (tertiary alicyclic amines) is 1. The minimum Gasteiger partial charge on any atom is -0.337 e. The molecule has 1 saturated heterocycles. The summed E-state index contributed by atoms with van der Waals surface area (Å²) >= 11 is 1.60. The molecule has 26 heavy (non-hydrogen) atoms. The van der Waals surface area contributed by atoms with E-state index >= 15 is 0 Å². The second-order valence-electron chi connectivity index (χ2n) is 6.69. The third-order valence-corrected chi connectivity index (χ3v) is 5.61. The smallest absolute Gasteiger partial charge is 0.227 e. The number of thiophene rings is 1. The van der Waals surface area contributed by atoms with Crippen LogP contribution in [0.3, 0.4) is 0 Å². The molecule has 0 bridgehead atoms. The average molecular weight is 367 g/mol. The predicted octanol–water partition coefficient (Wildman–Crippen LogP) is 2.94. The Labute approximate surface area is 156 Å². The third kappa shape index (κ3) is 3.67. The van der Waals surface area contributed by atoms with Gasteiger partial charge in [0.05, 0.1) is 23.9 Å². The Morgan fingerprint density at radius 3 is 2.88 bits per heavy atom. The van der Waals surface area contributed by atoms with Crippen LogP contribution in [0.4, 0.5) is 0 Å². The van der Waals surface area contributed by atoms with E-state index in [9.17, 15) is 4.79 Å². The number of benzene rings is 1. The van der Waals surface area contributed by atoms with Gasteiger partial charge in [-0.2, -0.15) is 4.80 Å². The SMILES string of the molecule is Cc1ccc(CC(=O)N2CCC[C@H]2Cn2nnc(-c3cccs3)n2)cc1. The summed E-state index contributed by atoms with van der Waals surface area (Å²) in [4.78, 5) is 17.4. The van der Waals surface area contributed by atoms with Gasteiger partial charge in [0.25, 0.3) is 0 Å². The Hall–Kier alpha value is -2.54. The van der Waals surface area contributed by atoms with Crippen LogP contribution >= 0.6 is 11.3 Å². The number of nitrogens with zero attached hydrogens (tertiary/aromatic N) is 5. The van der Waals surface area contributed by atoms with Crippen molar-refractivity contribution in [3.05, 3.63) is 52.9 Å². The molecule has 7 heteroatoms. The molecule has 134 valence electrons. The van der Waals surface area contributed by atoms with Gasteiger partial charge in [-0.25, -0.2) is 0 Å². The van der Waals surface area contributed by atoms with Gasteiger partial charge < -0.3 is 4.90 Å². The lowest BCUT2D eigenvalue weighted by atomic mass is 10.1. The lowest BCUT2D eigenvalue weighted by Crippen LogP contribution is -2.39. The molecule has 0 radical (unpaired) electrons. The number of aryl methyl sites for hydroxylation is 1. The highest BCUT2D eigenvalue weighted by molar-refractivity contribution is 7.13. The van der Waals surface area contributed by atoms with Crippen LogP contribution in [0.15, 0.2) is 41.8 Å². The Kier molecular flexibility index (Phi) is 4.79. The van der Waals surface area contributed by atoms with Crippen molar-refractivity contribution in [2.24, 2.45) is 0 Å². The maximum atomic E-state index is 12.8. The van der Waals surface area contributed by atoms with Crippen LogP contribution in [0.2, 0.25) is 0 Å². The second-order valence-corrected chi connectivity index (χ2v) is 7.64. The monoisotopic (exact) mass is 367 g/mol. The summed E-state index contributed by atoms with van der Waals surface area (Å²) in [7, 11) is 0. The van der Waals surface area contributed by atoms with Crippen molar-refractivity contribution < 1.29 is 4.79 Å². The highest BCUT2D eigenvalue weighted by atomic mass is 32.1. The second kappa shape index (κ2) is 7.37. The van der Waals surface area contributed by atoms with Gasteiger partial charge in [0.15, 0.2) is 0 Å². The lowest BCUT2D eigenvalue weighted by Gasteiger charge is -2.24. The van der Waals surface area contributed by atoms with Crippen LogP contribution in [0.5, 0.6) is 0 Å². The summed E-state index contributed by atoms with van der Waals surface area (Å²) in [6.45, 7) is 3.46. The molecule has 0 spiro atoms. The van der Waals surface area contributed by atoms with Crippen molar-refractivity contribution in [2.45, 2.75) is 38.8 Å². The van der Waals surface area contributed by atoms with Crippen LogP contribution < -0.4 is 0 Å². The fraction of sp³-hybridized carbons (Fsp3) is 0.368. The molecule has 1 aliphatic heterocycles. The van der Waals surface area contributed by atoms with Crippen molar-refractivity contribution in [1.82, 2.24) is 25.1 Å². The summed E-state index contributed by atoms with van der Waals surface area (Å²) in [5.74, 6) is 0.825. The first-order valence-corrected chi connectivity index (χ1v) is 9.74. The van der Waals surface area contributed by atoms with E-state index in [1.807, 2.05) is 34.5 Å². The van der Waals surface area contributed by atoms with Crippen molar-refractivity contribution in [3.8, 4) is 10.7 Å². The Morgan fingerprint density at radius 2 is 2.12 bits per heavy atom. The van der Waals surface area contributed by atoms with Crippen molar-refractivity contribution in [1.29, 1.82) is 0 Å². The van der Waals surface area contributed by atoms with Crippen molar-refractivity contribution in [2.75, 3.05) is 6.54 Å². The first-order chi connectivity index (χ1) is 12.7. The van der Waals surface area contributed by atoms with Crippen LogP contribution in [0, 0.1) is 6.92 Å². The molecular weight excluding hydrogens is 346 g/mol. The quantitative estimate of drug-likeness (QED) is 0.695. The molecular formula is C19H21N5OS. The van der Waals surface area contributed by atoms with Crippen molar-refractivity contribution >= 4 is 17.2 Å². The number of tetrazole rings is 1. The highest BCUT2D eigenvalue weighted by Crippen LogP contribution is 2.22. The van der Waals surface area contributed by atoms with Crippen LogP contribution in [-0.2, 0) is 17.8 Å². The largest absolute Gasteiger partial charge is 0.337 e. The van der Waals surface area contributed by atoms with Crippen LogP contribution in [0.1, 0.15) is 24.0 Å². The highest BCUT2D eigenvalue weighted by Gasteiger charge is 2.29. The summed E-state index contributed by atoms with van der Waals surface area (Å²) in [5, 5.41) is 14.8. The molecule has 2 aromatic heterocycles. The molecule has 0 N–H and O–H groups in total. The van der Waals surface area contributed by atoms with E-state index in [2.05, 4.69) is 34.5 Å². The molecule has 0 unspecified atom stereocenters. The van der Waals surface area contributed by atoms with E-state index in [1.165, 1.54) is 5.56 Å². The minimum atomic E-state index is 0.137. The van der Waals surface area contributed by atoms with Gasteiger partial charge in [0.2, 0.25) is 11.7 Å². The first kappa shape index (κ1) is 16.9. The number of carbonyl (C=O) groups excluding carboxylic acids is 1. The van der Waals surface area contributed by atoms with Gasteiger partial charge in [0.1, 0.15) is 0 Å². The van der Waals surface area contributed by atoms with Gasteiger partial charge in [-0.3, -0.25) is 4.79 Å². The zero-order chi connectivity index (χ0) is 17.9. The maximum Gasteiger partial charge on any atom is 0.227 e. The standard InChI is InChI=1S/C19H21N5OS/c1-14-6-8-15(9-7-14)12-18(25)23-10-2-4-16(23)13-24-21-19(20-22-24)17-5-3-11-26-17/h3,5-9,11,16H,2,4,10,12-13H2,1H3/t16-/m0/s1. The molecule has 0 aliphatic carbocycles. The van der Waals surface area contributed by atoms with Gasteiger partial charge in [0, 0.05) is 6.54 Å². The summed E-state index contributed by atoms with van der Waals surface area (Å²) in [6.07, 6.45) is 2.45. The minimum absolute atomic E-state index is 0.137. The van der Waals surface area contributed by atoms with Crippen molar-refractivity contribution in [3.63, 3.8) is 0 Å². The van der Waals surface area contributed by atoms with E-state index in [0.29, 0.717) is 18.8 Å². The summed E-state index contributed by atoms with van der Waals surface area (Å²) < 4.78 is 0. The fourth-order valence-corrected chi connectivity index (χ4v) is 4.00. The average Bonchev–Trinajstić information content (AvgIpc) is 3.38. The molecule has 6 nitrogen and oxygen atoms in total. The first-order valence-electron chi connectivity index (χ1n) is 8.86. The predicted molar refractivity (Wildman–Crippen MR) is 101 cm³/mol. The number of rotatable bonds is 5. The van der Waals surface area contributed by atoms with E-state index in [4.69, 9.17) is 0 Å². The topological polar surface area (TPSA) is 63.9 Å². The molecule has 4 rings (SSSR count). The molecule has 1 aliphatic rings. The number of carbonyl (C=O) groups is 1. The fourth-order valence-electron chi connectivity index (χ4n) is 3.35. The Balaban J connectivity index is 1.41. The molecule has 3 aromatic rings. The van der Waals surface area contributed by atoms with E-state index in [0.717, 1.165) is 29.8 Å². The van der Waals surface area contributed by atoms with Crippen LogP contribution in [-0.4, -0.2) is 43.6 Å². The lowest BCUT2D eigenvalue weighted by molar-refractivity contribution is -0.131. The number of amides is 1. The van der Waals surface area contributed by atoms with E-state index in [1.54, 1.807) is 16.1 Å². The molecule has 1 atom stereocenters. The van der Waals surface area contributed by atoms with Gasteiger partial charge in [-0.05, 0) is 42.0 Å². The third-order valence-electron chi connectivity index (χ3n) is 4.74. The van der Waals surface area contributed by atoms with Crippen LogP contribution in [0.25, 0.3) is 10.7 Å². The van der Waals surface area contributed by atoms with Gasteiger partial charge in [-0.1, -0.05) is 35.9 Å². The zero-order valence-corrected chi connectivity index (χ0v) is 15.5. The summed E-state index contributed by atoms with van der Waals surface area (Å²) in [5.41, 5.74) is 2.27. The van der Waals surface area contributed by atoms with Gasteiger partial charge in [-0.15, -0.1) is 21.5 Å². The molecule has 1 aromatic carbocycles. The van der Waals surface area contributed by atoms with Gasteiger partial charge >= 0.3 is 0 Å². The molecule has 1 amide bonds. The maximum absolute atomic E-state index is 12.8.